The summed E-state index contributed by atoms with van der Waals surface area (Å²) in [6.45, 7) is 0. The summed E-state index contributed by atoms with van der Waals surface area (Å²) >= 11 is 22.4. The molecule has 0 amide bonds. The van der Waals surface area contributed by atoms with Crippen LogP contribution in [0.1, 0.15) is 16.0 Å². The van der Waals surface area contributed by atoms with Crippen molar-refractivity contribution in [2.75, 3.05) is 0 Å². The van der Waals surface area contributed by atoms with Gasteiger partial charge in [0.25, 0.3) is 0 Å². The van der Waals surface area contributed by atoms with Crippen LogP contribution in [0.15, 0.2) is 48.5 Å². The second kappa shape index (κ2) is 8.30. The minimum absolute atomic E-state index is 0.326. The molecule has 0 aromatic heterocycles. The van der Waals surface area contributed by atoms with E-state index in [2.05, 4.69) is 0 Å². The molecule has 5 heteroatoms. The summed E-state index contributed by atoms with van der Waals surface area (Å²) in [7, 11) is 0. The first-order chi connectivity index (χ1) is 9.06. The molecule has 19 heavy (non-hydrogen) atoms. The van der Waals surface area contributed by atoms with Gasteiger partial charge in [-0.2, -0.15) is 5.26 Å². The molecule has 0 fully saturated rings. The lowest BCUT2D eigenvalue weighted by Gasteiger charge is -1.97. The van der Waals surface area contributed by atoms with Crippen molar-refractivity contribution in [1.29, 1.82) is 5.26 Å². The van der Waals surface area contributed by atoms with Gasteiger partial charge in [-0.05, 0) is 17.7 Å². The smallest absolute Gasteiger partial charge is 0.132 e. The first-order valence-corrected chi connectivity index (χ1v) is 6.86. The third kappa shape index (κ3) is 5.30. The van der Waals surface area contributed by atoms with E-state index in [1.165, 1.54) is 0 Å². The maximum absolute atomic E-state index is 8.45. The fourth-order valence-electron chi connectivity index (χ4n) is 1.19. The van der Waals surface area contributed by atoms with E-state index in [-0.39, 0.29) is 0 Å². The molecule has 0 atom stereocenters. The Morgan fingerprint density at radius 3 is 1.95 bits per heavy atom. The molecule has 0 saturated carbocycles. The van der Waals surface area contributed by atoms with Gasteiger partial charge in [0, 0.05) is 0 Å². The van der Waals surface area contributed by atoms with Gasteiger partial charge in [-0.1, -0.05) is 59.6 Å². The second-order valence-electron chi connectivity index (χ2n) is 3.42. The van der Waals surface area contributed by atoms with Crippen LogP contribution in [0.4, 0.5) is 0 Å². The SMILES string of the molecule is ClC(Cl)c1ccccc1.N#Cc1cccc(Cl)c1Cl. The van der Waals surface area contributed by atoms with Crippen LogP contribution in [-0.2, 0) is 0 Å². The average Bonchev–Trinajstić information content (AvgIpc) is 2.43. The maximum atomic E-state index is 8.45. The number of alkyl halides is 2. The zero-order valence-electron chi connectivity index (χ0n) is 9.66. The van der Waals surface area contributed by atoms with Gasteiger partial charge in [-0.15, -0.1) is 23.2 Å². The third-order valence-electron chi connectivity index (χ3n) is 2.12. The lowest BCUT2D eigenvalue weighted by atomic mass is 10.2. The predicted molar refractivity (Wildman–Crippen MR) is 82.1 cm³/mol. The molecule has 2 rings (SSSR count). The number of nitrogens with zero attached hydrogens (tertiary/aromatic N) is 1. The summed E-state index contributed by atoms with van der Waals surface area (Å²) in [5, 5.41) is 9.19. The van der Waals surface area contributed by atoms with Gasteiger partial charge in [-0.3, -0.25) is 0 Å². The van der Waals surface area contributed by atoms with Crippen LogP contribution >= 0.6 is 46.4 Å². The summed E-state index contributed by atoms with van der Waals surface area (Å²) in [5.41, 5.74) is 1.36. The Bertz CT molecular complexity index is 561. The van der Waals surface area contributed by atoms with E-state index in [1.54, 1.807) is 18.2 Å². The van der Waals surface area contributed by atoms with Crippen molar-refractivity contribution in [3.8, 4) is 6.07 Å². The van der Waals surface area contributed by atoms with Crippen molar-refractivity contribution in [1.82, 2.24) is 0 Å². The predicted octanol–water partition coefficient (Wildman–Crippen LogP) is 6.03. The zero-order valence-corrected chi connectivity index (χ0v) is 12.7. The van der Waals surface area contributed by atoms with E-state index in [0.29, 0.717) is 15.6 Å². The highest BCUT2D eigenvalue weighted by atomic mass is 35.5. The summed E-state index contributed by atoms with van der Waals surface area (Å²) in [4.78, 5) is -0.397. The van der Waals surface area contributed by atoms with Gasteiger partial charge < -0.3 is 0 Å². The highest BCUT2D eigenvalue weighted by molar-refractivity contribution is 6.44. The minimum Gasteiger partial charge on any atom is -0.192 e. The fourth-order valence-corrected chi connectivity index (χ4v) is 1.82. The lowest BCUT2D eigenvalue weighted by molar-refractivity contribution is 1.35. The van der Waals surface area contributed by atoms with Crippen LogP contribution in [0.3, 0.4) is 0 Å². The number of benzene rings is 2. The van der Waals surface area contributed by atoms with Crippen LogP contribution in [0, 0.1) is 11.3 Å². The summed E-state index contributed by atoms with van der Waals surface area (Å²) in [5.74, 6) is 0. The monoisotopic (exact) mass is 331 g/mol. The molecule has 0 N–H and O–H groups in total. The normalized spacial score (nSPS) is 9.47. The van der Waals surface area contributed by atoms with Crippen molar-refractivity contribution in [2.24, 2.45) is 0 Å². The Balaban J connectivity index is 0.000000191. The molecule has 0 unspecified atom stereocenters. The van der Waals surface area contributed by atoms with Gasteiger partial charge in [0.15, 0.2) is 0 Å². The Labute approximate surface area is 132 Å². The Kier molecular flexibility index (Phi) is 7.05. The van der Waals surface area contributed by atoms with Crippen molar-refractivity contribution in [3.63, 3.8) is 0 Å². The van der Waals surface area contributed by atoms with Crippen LogP contribution in [0.5, 0.6) is 0 Å². The first-order valence-electron chi connectivity index (χ1n) is 5.23. The van der Waals surface area contributed by atoms with E-state index in [4.69, 9.17) is 51.7 Å². The molecule has 0 saturated heterocycles. The molecular formula is C14H9Cl4N. The van der Waals surface area contributed by atoms with Gasteiger partial charge in [0.1, 0.15) is 10.9 Å². The Hall–Kier alpha value is -0.910. The molecular weight excluding hydrogens is 324 g/mol. The fraction of sp³-hybridized carbons (Fsp3) is 0.0714. The maximum Gasteiger partial charge on any atom is 0.132 e. The van der Waals surface area contributed by atoms with Crippen molar-refractivity contribution in [3.05, 3.63) is 69.7 Å². The van der Waals surface area contributed by atoms with E-state index in [1.807, 2.05) is 36.4 Å². The summed E-state index contributed by atoms with van der Waals surface area (Å²) < 4.78 is 0. The Morgan fingerprint density at radius 1 is 0.895 bits per heavy atom. The van der Waals surface area contributed by atoms with Gasteiger partial charge in [0.05, 0.1) is 15.6 Å². The molecule has 0 spiro atoms. The van der Waals surface area contributed by atoms with Gasteiger partial charge >= 0.3 is 0 Å². The lowest BCUT2D eigenvalue weighted by Crippen LogP contribution is -1.76. The molecule has 98 valence electrons. The number of hydrogen-bond donors (Lipinski definition) is 0. The topological polar surface area (TPSA) is 23.8 Å². The largest absolute Gasteiger partial charge is 0.192 e. The molecule has 0 bridgehead atoms. The molecule has 0 aliphatic carbocycles. The molecule has 0 aliphatic rings. The zero-order chi connectivity index (χ0) is 14.3. The van der Waals surface area contributed by atoms with Crippen molar-refractivity contribution >= 4 is 46.4 Å². The molecule has 2 aromatic carbocycles. The number of nitriles is 1. The van der Waals surface area contributed by atoms with Crippen molar-refractivity contribution < 1.29 is 0 Å². The third-order valence-corrected chi connectivity index (χ3v) is 3.45. The number of hydrogen-bond acceptors (Lipinski definition) is 1. The molecule has 0 heterocycles. The van der Waals surface area contributed by atoms with E-state index < -0.39 is 4.84 Å². The summed E-state index contributed by atoms with van der Waals surface area (Å²) in [6.07, 6.45) is 0. The first kappa shape index (κ1) is 16.1. The highest BCUT2D eigenvalue weighted by Crippen LogP contribution is 2.24. The molecule has 2 aromatic rings. The highest BCUT2D eigenvalue weighted by Gasteiger charge is 2.01. The summed E-state index contributed by atoms with van der Waals surface area (Å²) in [6, 6.07) is 16.4. The van der Waals surface area contributed by atoms with E-state index in [0.717, 1.165) is 5.56 Å². The van der Waals surface area contributed by atoms with Gasteiger partial charge in [-0.25, -0.2) is 0 Å². The van der Waals surface area contributed by atoms with Crippen LogP contribution < -0.4 is 0 Å². The number of rotatable bonds is 1. The minimum atomic E-state index is -0.397. The average molecular weight is 333 g/mol. The van der Waals surface area contributed by atoms with E-state index in [9.17, 15) is 0 Å². The molecule has 0 radical (unpaired) electrons. The quantitative estimate of drug-likeness (QED) is 0.585. The van der Waals surface area contributed by atoms with Crippen LogP contribution in [-0.4, -0.2) is 0 Å². The molecule has 0 aliphatic heterocycles. The molecule has 1 nitrogen and oxygen atoms in total. The van der Waals surface area contributed by atoms with Gasteiger partial charge in [0.2, 0.25) is 0 Å². The van der Waals surface area contributed by atoms with Crippen LogP contribution in [0.2, 0.25) is 10.0 Å². The van der Waals surface area contributed by atoms with Crippen molar-refractivity contribution in [2.45, 2.75) is 4.84 Å². The standard InChI is InChI=1S/C7H3Cl2N.C7H6Cl2/c8-6-3-1-2-5(4-10)7(6)9;8-7(9)6-4-2-1-3-5-6/h1-3H;1-5,7H. The second-order valence-corrected chi connectivity index (χ2v) is 5.31. The van der Waals surface area contributed by atoms with Crippen LogP contribution in [0.25, 0.3) is 0 Å². The Morgan fingerprint density at radius 2 is 1.53 bits per heavy atom. The number of halogens is 4. The van der Waals surface area contributed by atoms with E-state index >= 15 is 0 Å².